The highest BCUT2D eigenvalue weighted by Crippen LogP contribution is 2.36. The predicted molar refractivity (Wildman–Crippen MR) is 126 cm³/mol. The van der Waals surface area contributed by atoms with Crippen molar-refractivity contribution in [2.45, 2.75) is 19.8 Å². The summed E-state index contributed by atoms with van der Waals surface area (Å²) in [7, 11) is -3.34. The van der Waals surface area contributed by atoms with E-state index in [4.69, 9.17) is 11.6 Å². The van der Waals surface area contributed by atoms with E-state index in [1.807, 2.05) is 24.0 Å². The lowest BCUT2D eigenvalue weighted by Gasteiger charge is -2.22. The molecule has 1 amide bonds. The second-order valence-corrected chi connectivity index (χ2v) is 9.63. The van der Waals surface area contributed by atoms with E-state index < -0.39 is 10.0 Å². The maximum Gasteiger partial charge on any atom is 0.259 e. The molecule has 166 valence electrons. The molecule has 2 aromatic heterocycles. The Morgan fingerprint density at radius 1 is 1.09 bits per heavy atom. The molecule has 2 N–H and O–H groups in total. The molecule has 1 aliphatic rings. The topological polar surface area (TPSA) is 104 Å². The van der Waals surface area contributed by atoms with E-state index >= 15 is 0 Å². The summed E-state index contributed by atoms with van der Waals surface area (Å²) in [5.74, 6) is 0.833. The number of aryl methyl sites for hydroxylation is 2. The molecule has 0 radical (unpaired) electrons. The van der Waals surface area contributed by atoms with E-state index in [0.717, 1.165) is 17.4 Å². The van der Waals surface area contributed by atoms with E-state index in [2.05, 4.69) is 20.0 Å². The van der Waals surface area contributed by atoms with E-state index in [1.54, 1.807) is 36.5 Å². The molecule has 4 rings (SSSR count). The van der Waals surface area contributed by atoms with Crippen LogP contribution in [0, 0.1) is 0 Å². The maximum atomic E-state index is 12.9. The first-order chi connectivity index (χ1) is 15.2. The monoisotopic (exact) mass is 471 g/mol. The van der Waals surface area contributed by atoms with Crippen LogP contribution in [0.25, 0.3) is 0 Å². The third kappa shape index (κ3) is 4.84. The van der Waals surface area contributed by atoms with Gasteiger partial charge in [-0.1, -0.05) is 23.7 Å². The van der Waals surface area contributed by atoms with Gasteiger partial charge in [0.25, 0.3) is 5.91 Å². The molecule has 0 spiro atoms. The van der Waals surface area contributed by atoms with E-state index in [1.165, 1.54) is 0 Å². The van der Waals surface area contributed by atoms with Gasteiger partial charge in [-0.15, -0.1) is 0 Å². The van der Waals surface area contributed by atoms with Crippen LogP contribution >= 0.6 is 11.6 Å². The maximum absolute atomic E-state index is 12.9. The van der Waals surface area contributed by atoms with Crippen molar-refractivity contribution in [3.63, 3.8) is 0 Å². The van der Waals surface area contributed by atoms with Crippen molar-refractivity contribution < 1.29 is 13.2 Å². The first-order valence-electron chi connectivity index (χ1n) is 10.0. The van der Waals surface area contributed by atoms with Crippen LogP contribution in [-0.2, 0) is 22.9 Å². The van der Waals surface area contributed by atoms with Gasteiger partial charge in [-0.3, -0.25) is 9.52 Å². The number of carbonyl (C=O) groups is 1. The molecule has 0 unspecified atom stereocenters. The lowest BCUT2D eigenvalue weighted by atomic mass is 10.0. The summed E-state index contributed by atoms with van der Waals surface area (Å²) in [5, 5.41) is 3.23. The number of rotatable bonds is 6. The Morgan fingerprint density at radius 3 is 2.62 bits per heavy atom. The number of hydrogen-bond donors (Lipinski definition) is 2. The van der Waals surface area contributed by atoms with E-state index in [0.29, 0.717) is 53.1 Å². The second kappa shape index (κ2) is 8.76. The van der Waals surface area contributed by atoms with Crippen molar-refractivity contribution in [1.29, 1.82) is 0 Å². The van der Waals surface area contributed by atoms with Crippen LogP contribution < -0.4 is 14.9 Å². The first-order valence-corrected chi connectivity index (χ1v) is 12.3. The first kappa shape index (κ1) is 22.0. The minimum Gasteiger partial charge on any atom is -0.319 e. The number of fused-ring (bicyclic) bond motifs is 2. The molecule has 0 aliphatic carbocycles. The number of halogens is 1. The zero-order chi connectivity index (χ0) is 22.9. The number of nitrogens with zero attached hydrogens (tertiary/aromatic N) is 3. The summed E-state index contributed by atoms with van der Waals surface area (Å²) in [6.07, 6.45) is 4.17. The third-order valence-electron chi connectivity index (χ3n) is 5.02. The van der Waals surface area contributed by atoms with Gasteiger partial charge in [0.2, 0.25) is 10.0 Å². The Labute approximate surface area is 191 Å². The van der Waals surface area contributed by atoms with Crippen molar-refractivity contribution in [2.24, 2.45) is 0 Å². The van der Waals surface area contributed by atoms with Crippen molar-refractivity contribution in [2.75, 3.05) is 27.7 Å². The highest BCUT2D eigenvalue weighted by Gasteiger charge is 2.27. The average molecular weight is 472 g/mol. The summed E-state index contributed by atoms with van der Waals surface area (Å²) in [6.45, 7) is 2.52. The van der Waals surface area contributed by atoms with Crippen LogP contribution in [0.5, 0.6) is 0 Å². The fourth-order valence-corrected chi connectivity index (χ4v) is 4.33. The Bertz CT molecular complexity index is 1300. The number of hydrogen-bond acceptors (Lipinski definition) is 6. The SMILES string of the molecule is CCN1c2nc(Cl)ccc2NC(=O)c2cc(CCc3cccc(NS(C)(=O)=O)c3)cnc21. The van der Waals surface area contributed by atoms with Crippen LogP contribution in [0.15, 0.2) is 48.7 Å². The zero-order valence-electron chi connectivity index (χ0n) is 17.6. The molecule has 0 saturated heterocycles. The van der Waals surface area contributed by atoms with Gasteiger partial charge in [0.05, 0.1) is 17.5 Å². The largest absolute Gasteiger partial charge is 0.319 e. The predicted octanol–water partition coefficient (Wildman–Crippen LogP) is 4.01. The van der Waals surface area contributed by atoms with Crippen molar-refractivity contribution in [1.82, 2.24) is 9.97 Å². The molecule has 0 fully saturated rings. The van der Waals surface area contributed by atoms with Crippen molar-refractivity contribution >= 4 is 50.5 Å². The smallest absolute Gasteiger partial charge is 0.259 e. The molecule has 0 bridgehead atoms. The standard InChI is InChI=1S/C22H22ClN5O3S/c1-3-28-20-17(22(29)25-18-9-10-19(23)26-21(18)28)12-15(13-24-20)8-7-14-5-4-6-16(11-14)27-32(2,30)31/h4-6,9-13,27H,3,7-8H2,1-2H3,(H,25,29). The van der Waals surface area contributed by atoms with Gasteiger partial charge in [0, 0.05) is 18.4 Å². The highest BCUT2D eigenvalue weighted by molar-refractivity contribution is 7.92. The lowest BCUT2D eigenvalue weighted by molar-refractivity contribution is 0.102. The van der Waals surface area contributed by atoms with Crippen LogP contribution in [0.4, 0.5) is 23.0 Å². The lowest BCUT2D eigenvalue weighted by Crippen LogP contribution is -2.20. The average Bonchev–Trinajstić information content (AvgIpc) is 2.85. The molecule has 3 aromatic rings. The van der Waals surface area contributed by atoms with Crippen LogP contribution in [-0.4, -0.2) is 37.1 Å². The van der Waals surface area contributed by atoms with Crippen LogP contribution in [0.2, 0.25) is 5.15 Å². The molecular formula is C22H22ClN5O3S. The number of nitrogens with one attached hydrogen (secondary N) is 2. The van der Waals surface area contributed by atoms with Gasteiger partial charge < -0.3 is 10.2 Å². The summed E-state index contributed by atoms with van der Waals surface area (Å²) in [5.41, 5.74) is 3.43. The summed E-state index contributed by atoms with van der Waals surface area (Å²) >= 11 is 6.08. The zero-order valence-corrected chi connectivity index (χ0v) is 19.2. The third-order valence-corrected chi connectivity index (χ3v) is 5.83. The molecular weight excluding hydrogens is 450 g/mol. The van der Waals surface area contributed by atoms with E-state index in [9.17, 15) is 13.2 Å². The van der Waals surface area contributed by atoms with Gasteiger partial charge in [-0.05, 0) is 61.2 Å². The van der Waals surface area contributed by atoms with Gasteiger partial charge in [0.1, 0.15) is 11.0 Å². The number of aromatic nitrogens is 2. The Kier molecular flexibility index (Phi) is 6.03. The van der Waals surface area contributed by atoms with Gasteiger partial charge >= 0.3 is 0 Å². The Morgan fingerprint density at radius 2 is 1.88 bits per heavy atom. The van der Waals surface area contributed by atoms with Gasteiger partial charge in [-0.25, -0.2) is 18.4 Å². The summed E-state index contributed by atoms with van der Waals surface area (Å²) < 4.78 is 25.4. The van der Waals surface area contributed by atoms with Crippen molar-refractivity contribution in [3.05, 3.63) is 70.5 Å². The molecule has 8 nitrogen and oxygen atoms in total. The molecule has 1 aliphatic heterocycles. The fraction of sp³-hybridized carbons (Fsp3) is 0.227. The van der Waals surface area contributed by atoms with Crippen LogP contribution in [0.1, 0.15) is 28.4 Å². The van der Waals surface area contributed by atoms with Gasteiger partial charge in [0.15, 0.2) is 5.82 Å². The number of anilines is 4. The minimum atomic E-state index is -3.34. The number of benzene rings is 1. The molecule has 3 heterocycles. The summed E-state index contributed by atoms with van der Waals surface area (Å²) in [4.78, 5) is 23.7. The molecule has 32 heavy (non-hydrogen) atoms. The number of carbonyl (C=O) groups excluding carboxylic acids is 1. The van der Waals surface area contributed by atoms with E-state index in [-0.39, 0.29) is 5.91 Å². The minimum absolute atomic E-state index is 0.255. The quantitative estimate of drug-likeness (QED) is 0.526. The second-order valence-electron chi connectivity index (χ2n) is 7.49. The number of pyridine rings is 2. The Hall–Kier alpha value is -3.17. The fourth-order valence-electron chi connectivity index (χ4n) is 3.63. The van der Waals surface area contributed by atoms with Crippen LogP contribution in [0.3, 0.4) is 0 Å². The Balaban J connectivity index is 1.59. The molecule has 1 aromatic carbocycles. The molecule has 0 saturated carbocycles. The normalized spacial score (nSPS) is 13.1. The van der Waals surface area contributed by atoms with Crippen molar-refractivity contribution in [3.8, 4) is 0 Å². The highest BCUT2D eigenvalue weighted by atomic mass is 35.5. The number of sulfonamides is 1. The molecule has 0 atom stereocenters. The summed E-state index contributed by atoms with van der Waals surface area (Å²) in [6, 6.07) is 12.5. The number of amides is 1. The molecule has 10 heteroatoms. The van der Waals surface area contributed by atoms with Gasteiger partial charge in [-0.2, -0.15) is 0 Å².